The number of anilines is 1. The molecule has 5 nitrogen and oxygen atoms in total. The number of benzene rings is 1. The second-order valence-electron chi connectivity index (χ2n) is 7.34. The number of aromatic nitrogens is 2. The third-order valence-corrected chi connectivity index (χ3v) is 4.46. The molecule has 126 valence electrons. The van der Waals surface area contributed by atoms with Gasteiger partial charge in [-0.3, -0.25) is 0 Å². The molecule has 5 heteroatoms. The fraction of sp³-hybridized carbons (Fsp3) is 0.421. The van der Waals surface area contributed by atoms with Crippen molar-refractivity contribution in [3.05, 3.63) is 53.6 Å². The van der Waals surface area contributed by atoms with Crippen molar-refractivity contribution in [2.75, 3.05) is 12.4 Å². The lowest BCUT2D eigenvalue weighted by molar-refractivity contribution is 0.204. The van der Waals surface area contributed by atoms with Crippen LogP contribution in [0.3, 0.4) is 0 Å². The Balaban J connectivity index is 1.69. The highest BCUT2D eigenvalue weighted by atomic mass is 16.2. The summed E-state index contributed by atoms with van der Waals surface area (Å²) in [5.41, 5.74) is 3.09. The number of carbonyl (C=O) groups excluding carboxylic acids is 1. The molecule has 0 saturated carbocycles. The molecule has 1 heterocycles. The minimum Gasteiger partial charge on any atom is -0.321 e. The van der Waals surface area contributed by atoms with Crippen LogP contribution >= 0.6 is 0 Å². The number of rotatable bonds is 2. The number of fused-ring (bicyclic) bond motifs is 1. The van der Waals surface area contributed by atoms with Gasteiger partial charge in [-0.25, -0.2) is 14.8 Å². The SMILES string of the molecule is CN(C(=O)Nc1cnc(C(C)(C)C)nc1)[C@H]1CCc2ccccc21. The van der Waals surface area contributed by atoms with E-state index >= 15 is 0 Å². The Morgan fingerprint density at radius 3 is 2.54 bits per heavy atom. The minimum absolute atomic E-state index is 0.104. The van der Waals surface area contributed by atoms with Crippen LogP contribution in [0.15, 0.2) is 36.7 Å². The zero-order chi connectivity index (χ0) is 17.3. The first kappa shape index (κ1) is 16.4. The third-order valence-electron chi connectivity index (χ3n) is 4.46. The normalized spacial score (nSPS) is 16.6. The average Bonchev–Trinajstić information content (AvgIpc) is 2.97. The Morgan fingerprint density at radius 2 is 1.88 bits per heavy atom. The zero-order valence-corrected chi connectivity index (χ0v) is 14.7. The molecular weight excluding hydrogens is 300 g/mol. The van der Waals surface area contributed by atoms with E-state index in [2.05, 4.69) is 54.3 Å². The number of urea groups is 1. The quantitative estimate of drug-likeness (QED) is 0.910. The number of carbonyl (C=O) groups is 1. The van der Waals surface area contributed by atoms with Crippen LogP contribution in [0.25, 0.3) is 0 Å². The molecule has 0 radical (unpaired) electrons. The number of hydrogen-bond donors (Lipinski definition) is 1. The van der Waals surface area contributed by atoms with Gasteiger partial charge in [0.25, 0.3) is 0 Å². The highest BCUT2D eigenvalue weighted by Crippen LogP contribution is 2.35. The second kappa shape index (κ2) is 6.23. The van der Waals surface area contributed by atoms with Gasteiger partial charge in [-0.1, -0.05) is 45.0 Å². The molecule has 0 bridgehead atoms. The van der Waals surface area contributed by atoms with Crippen LogP contribution in [0.2, 0.25) is 0 Å². The number of nitrogens with zero attached hydrogens (tertiary/aromatic N) is 3. The maximum Gasteiger partial charge on any atom is 0.322 e. The molecule has 2 aromatic rings. The first-order valence-corrected chi connectivity index (χ1v) is 8.30. The lowest BCUT2D eigenvalue weighted by Crippen LogP contribution is -2.34. The van der Waals surface area contributed by atoms with E-state index in [0.29, 0.717) is 5.69 Å². The summed E-state index contributed by atoms with van der Waals surface area (Å²) in [6.07, 6.45) is 5.31. The Kier molecular flexibility index (Phi) is 4.26. The van der Waals surface area contributed by atoms with Crippen LogP contribution < -0.4 is 5.32 Å². The van der Waals surface area contributed by atoms with E-state index in [4.69, 9.17) is 0 Å². The van der Waals surface area contributed by atoms with E-state index in [1.54, 1.807) is 17.3 Å². The van der Waals surface area contributed by atoms with Crippen molar-refractivity contribution < 1.29 is 4.79 Å². The summed E-state index contributed by atoms with van der Waals surface area (Å²) in [7, 11) is 1.84. The van der Waals surface area contributed by atoms with Crippen molar-refractivity contribution in [1.29, 1.82) is 0 Å². The molecule has 0 spiro atoms. The van der Waals surface area contributed by atoms with Crippen LogP contribution in [0, 0.1) is 0 Å². The second-order valence-corrected chi connectivity index (χ2v) is 7.34. The molecule has 1 aliphatic rings. The van der Waals surface area contributed by atoms with Crippen molar-refractivity contribution in [3.63, 3.8) is 0 Å². The van der Waals surface area contributed by atoms with Gasteiger partial charge in [0.1, 0.15) is 5.82 Å². The monoisotopic (exact) mass is 324 g/mol. The smallest absolute Gasteiger partial charge is 0.321 e. The molecule has 24 heavy (non-hydrogen) atoms. The first-order valence-electron chi connectivity index (χ1n) is 8.30. The van der Waals surface area contributed by atoms with Crippen molar-refractivity contribution in [2.45, 2.75) is 45.1 Å². The van der Waals surface area contributed by atoms with Crippen molar-refractivity contribution in [1.82, 2.24) is 14.9 Å². The fourth-order valence-corrected chi connectivity index (χ4v) is 3.07. The van der Waals surface area contributed by atoms with Crippen LogP contribution in [0.5, 0.6) is 0 Å². The van der Waals surface area contributed by atoms with Crippen LogP contribution in [-0.2, 0) is 11.8 Å². The van der Waals surface area contributed by atoms with E-state index in [-0.39, 0.29) is 17.5 Å². The van der Waals surface area contributed by atoms with E-state index < -0.39 is 0 Å². The van der Waals surface area contributed by atoms with Crippen LogP contribution in [0.4, 0.5) is 10.5 Å². The number of nitrogens with one attached hydrogen (secondary N) is 1. The Bertz CT molecular complexity index is 734. The Labute approximate surface area is 143 Å². The van der Waals surface area contributed by atoms with Gasteiger partial charge in [-0.05, 0) is 24.0 Å². The molecule has 2 amide bonds. The van der Waals surface area contributed by atoms with Gasteiger partial charge >= 0.3 is 6.03 Å². The van der Waals surface area contributed by atoms with Crippen molar-refractivity contribution in [2.24, 2.45) is 0 Å². The average molecular weight is 324 g/mol. The number of aryl methyl sites for hydroxylation is 1. The predicted molar refractivity (Wildman–Crippen MR) is 95.0 cm³/mol. The molecule has 1 N–H and O–H groups in total. The van der Waals surface area contributed by atoms with Crippen molar-refractivity contribution >= 4 is 11.7 Å². The summed E-state index contributed by atoms with van der Waals surface area (Å²) in [6, 6.07) is 8.31. The minimum atomic E-state index is -0.135. The van der Waals surface area contributed by atoms with Crippen LogP contribution in [-0.4, -0.2) is 27.9 Å². The van der Waals surface area contributed by atoms with E-state index in [0.717, 1.165) is 18.7 Å². The highest BCUT2D eigenvalue weighted by Gasteiger charge is 2.28. The molecular formula is C19H24N4O. The summed E-state index contributed by atoms with van der Waals surface area (Å²) in [4.78, 5) is 23.0. The molecule has 1 aromatic carbocycles. The van der Waals surface area contributed by atoms with Gasteiger partial charge in [0.05, 0.1) is 24.1 Å². The highest BCUT2D eigenvalue weighted by molar-refractivity contribution is 5.89. The largest absolute Gasteiger partial charge is 0.322 e. The summed E-state index contributed by atoms with van der Waals surface area (Å²) in [5, 5.41) is 2.89. The van der Waals surface area contributed by atoms with Gasteiger partial charge in [0.15, 0.2) is 0 Å². The molecule has 1 aliphatic carbocycles. The van der Waals surface area contributed by atoms with Crippen molar-refractivity contribution in [3.8, 4) is 0 Å². The topological polar surface area (TPSA) is 58.1 Å². The maximum atomic E-state index is 12.6. The summed E-state index contributed by atoms with van der Waals surface area (Å²) in [6.45, 7) is 6.18. The molecule has 1 atom stereocenters. The van der Waals surface area contributed by atoms with Gasteiger partial charge in [0, 0.05) is 12.5 Å². The van der Waals surface area contributed by atoms with E-state index in [9.17, 15) is 4.79 Å². The predicted octanol–water partition coefficient (Wildman–Crippen LogP) is 3.93. The van der Waals surface area contributed by atoms with Gasteiger partial charge < -0.3 is 10.2 Å². The van der Waals surface area contributed by atoms with Gasteiger partial charge in [0.2, 0.25) is 0 Å². The fourth-order valence-electron chi connectivity index (χ4n) is 3.07. The molecule has 0 saturated heterocycles. The van der Waals surface area contributed by atoms with Gasteiger partial charge in [-0.15, -0.1) is 0 Å². The number of amides is 2. The Hall–Kier alpha value is -2.43. The molecule has 0 fully saturated rings. The lowest BCUT2D eigenvalue weighted by atomic mass is 9.96. The summed E-state index contributed by atoms with van der Waals surface area (Å²) < 4.78 is 0. The summed E-state index contributed by atoms with van der Waals surface area (Å²) >= 11 is 0. The summed E-state index contributed by atoms with van der Waals surface area (Å²) in [5.74, 6) is 0.763. The third kappa shape index (κ3) is 3.25. The molecule has 1 aromatic heterocycles. The lowest BCUT2D eigenvalue weighted by Gasteiger charge is -2.25. The number of hydrogen-bond acceptors (Lipinski definition) is 3. The van der Waals surface area contributed by atoms with Gasteiger partial charge in [-0.2, -0.15) is 0 Å². The van der Waals surface area contributed by atoms with E-state index in [1.807, 2.05) is 13.1 Å². The molecule has 0 aliphatic heterocycles. The van der Waals surface area contributed by atoms with E-state index in [1.165, 1.54) is 11.1 Å². The molecule has 0 unspecified atom stereocenters. The molecule has 3 rings (SSSR count). The zero-order valence-electron chi connectivity index (χ0n) is 14.7. The standard InChI is InChI=1S/C19H24N4O/c1-19(2,3)17-20-11-14(12-21-17)22-18(24)23(4)16-10-9-13-7-5-6-8-15(13)16/h5-8,11-12,16H,9-10H2,1-4H3,(H,22,24)/t16-/m0/s1. The first-order chi connectivity index (χ1) is 11.4. The Morgan fingerprint density at radius 1 is 1.21 bits per heavy atom. The maximum absolute atomic E-state index is 12.6. The van der Waals surface area contributed by atoms with Crippen LogP contribution in [0.1, 0.15) is 50.2 Å².